The average molecular weight is 304 g/mol. The molecule has 0 saturated carbocycles. The molecule has 0 aliphatic carbocycles. The summed E-state index contributed by atoms with van der Waals surface area (Å²) in [6, 6.07) is 8.05. The van der Waals surface area contributed by atoms with Crippen molar-refractivity contribution in [2.75, 3.05) is 5.75 Å². The summed E-state index contributed by atoms with van der Waals surface area (Å²) in [5, 5.41) is 9.52. The molecular weight excluding hydrogens is 288 g/mol. The fourth-order valence-electron chi connectivity index (χ4n) is 2.46. The Morgan fingerprint density at radius 1 is 1.52 bits per heavy atom. The van der Waals surface area contributed by atoms with Gasteiger partial charge in [-0.15, -0.1) is 0 Å². The molecule has 0 spiro atoms. The van der Waals surface area contributed by atoms with Crippen LogP contribution in [0.5, 0.6) is 5.75 Å². The van der Waals surface area contributed by atoms with Crippen LogP contribution in [-0.4, -0.2) is 32.5 Å². The SMILES string of the molecule is Cc1cnc(SCC(=O)O)n1CC1Cc2ccccc2O1. The monoisotopic (exact) mass is 304 g/mol. The van der Waals surface area contributed by atoms with Crippen LogP contribution < -0.4 is 4.74 Å². The van der Waals surface area contributed by atoms with E-state index in [2.05, 4.69) is 11.1 Å². The van der Waals surface area contributed by atoms with Crippen molar-refractivity contribution in [1.29, 1.82) is 0 Å². The highest BCUT2D eigenvalue weighted by atomic mass is 32.2. The van der Waals surface area contributed by atoms with Crippen molar-refractivity contribution in [1.82, 2.24) is 9.55 Å². The van der Waals surface area contributed by atoms with Crippen LogP contribution in [0, 0.1) is 6.92 Å². The summed E-state index contributed by atoms with van der Waals surface area (Å²) in [5.74, 6) is 0.124. The second-order valence-corrected chi connectivity index (χ2v) is 5.97. The molecular formula is C15H16N2O3S. The number of imidazole rings is 1. The minimum absolute atomic E-state index is 0.0161. The Bertz CT molecular complexity index is 644. The van der Waals surface area contributed by atoms with Gasteiger partial charge < -0.3 is 14.4 Å². The summed E-state index contributed by atoms with van der Waals surface area (Å²) in [5.41, 5.74) is 2.24. The molecule has 3 rings (SSSR count). The Morgan fingerprint density at radius 2 is 2.33 bits per heavy atom. The zero-order valence-corrected chi connectivity index (χ0v) is 12.5. The van der Waals surface area contributed by atoms with Crippen molar-refractivity contribution in [2.24, 2.45) is 0 Å². The maximum Gasteiger partial charge on any atom is 0.313 e. The number of carboxylic acids is 1. The van der Waals surface area contributed by atoms with Gasteiger partial charge in [-0.25, -0.2) is 4.98 Å². The number of nitrogens with zero attached hydrogens (tertiary/aromatic N) is 2. The van der Waals surface area contributed by atoms with Crippen molar-refractivity contribution in [2.45, 2.75) is 31.1 Å². The standard InChI is InChI=1S/C15H16N2O3S/c1-10-7-16-15(21-9-14(18)19)17(10)8-12-6-11-4-2-3-5-13(11)20-12/h2-5,7,12H,6,8-9H2,1H3,(H,18,19). The number of thioether (sulfide) groups is 1. The molecule has 0 fully saturated rings. The molecule has 1 aromatic heterocycles. The highest BCUT2D eigenvalue weighted by Crippen LogP contribution is 2.30. The number of hydrogen-bond acceptors (Lipinski definition) is 4. The van der Waals surface area contributed by atoms with Gasteiger partial charge in [-0.3, -0.25) is 4.79 Å². The molecule has 5 nitrogen and oxygen atoms in total. The van der Waals surface area contributed by atoms with Gasteiger partial charge in [-0.2, -0.15) is 0 Å². The zero-order valence-electron chi connectivity index (χ0n) is 11.7. The van der Waals surface area contributed by atoms with Crippen LogP contribution in [0.1, 0.15) is 11.3 Å². The molecule has 2 heterocycles. The number of carboxylic acid groups (broad SMARTS) is 1. The highest BCUT2D eigenvalue weighted by molar-refractivity contribution is 7.99. The fourth-order valence-corrected chi connectivity index (χ4v) is 3.22. The summed E-state index contributed by atoms with van der Waals surface area (Å²) < 4.78 is 7.97. The molecule has 1 atom stereocenters. The van der Waals surface area contributed by atoms with Crippen LogP contribution in [0.2, 0.25) is 0 Å². The topological polar surface area (TPSA) is 64.3 Å². The number of benzene rings is 1. The van der Waals surface area contributed by atoms with E-state index in [1.165, 1.54) is 17.3 Å². The predicted octanol–water partition coefficient (Wildman–Crippen LogP) is 2.37. The maximum atomic E-state index is 10.7. The second-order valence-electron chi connectivity index (χ2n) is 5.03. The van der Waals surface area contributed by atoms with Gasteiger partial charge in [0.05, 0.1) is 12.3 Å². The van der Waals surface area contributed by atoms with E-state index in [9.17, 15) is 4.79 Å². The lowest BCUT2D eigenvalue weighted by molar-refractivity contribution is -0.133. The highest BCUT2D eigenvalue weighted by Gasteiger charge is 2.24. The zero-order chi connectivity index (χ0) is 14.8. The van der Waals surface area contributed by atoms with E-state index in [0.29, 0.717) is 6.54 Å². The Kier molecular flexibility index (Phi) is 3.88. The molecule has 0 saturated heterocycles. The van der Waals surface area contributed by atoms with Crippen molar-refractivity contribution < 1.29 is 14.6 Å². The largest absolute Gasteiger partial charge is 0.488 e. The number of hydrogen-bond donors (Lipinski definition) is 1. The summed E-state index contributed by atoms with van der Waals surface area (Å²) >= 11 is 1.24. The van der Waals surface area contributed by atoms with E-state index >= 15 is 0 Å². The summed E-state index contributed by atoms with van der Waals surface area (Å²) in [7, 11) is 0. The van der Waals surface area contributed by atoms with E-state index in [-0.39, 0.29) is 11.9 Å². The summed E-state index contributed by atoms with van der Waals surface area (Å²) in [6.45, 7) is 2.66. The van der Waals surface area contributed by atoms with Crippen LogP contribution in [0.4, 0.5) is 0 Å². The van der Waals surface area contributed by atoms with Gasteiger partial charge >= 0.3 is 5.97 Å². The Labute approximate surface area is 127 Å². The first-order chi connectivity index (χ1) is 10.1. The van der Waals surface area contributed by atoms with Gasteiger partial charge in [0.1, 0.15) is 11.9 Å². The lowest BCUT2D eigenvalue weighted by Gasteiger charge is -2.15. The van der Waals surface area contributed by atoms with Crippen molar-refractivity contribution >= 4 is 17.7 Å². The smallest absolute Gasteiger partial charge is 0.313 e. The quantitative estimate of drug-likeness (QED) is 0.859. The summed E-state index contributed by atoms with van der Waals surface area (Å²) in [4.78, 5) is 15.0. The molecule has 1 N–H and O–H groups in total. The van der Waals surface area contributed by atoms with Gasteiger partial charge in [0, 0.05) is 18.3 Å². The third kappa shape index (κ3) is 3.05. The Morgan fingerprint density at radius 3 is 3.10 bits per heavy atom. The first kappa shape index (κ1) is 14.0. The molecule has 0 radical (unpaired) electrons. The van der Waals surface area contributed by atoms with Gasteiger partial charge in [-0.1, -0.05) is 30.0 Å². The predicted molar refractivity (Wildman–Crippen MR) is 79.9 cm³/mol. The normalized spacial score (nSPS) is 16.5. The van der Waals surface area contributed by atoms with Crippen LogP contribution >= 0.6 is 11.8 Å². The number of aryl methyl sites for hydroxylation is 1. The Hall–Kier alpha value is -1.95. The van der Waals surface area contributed by atoms with Crippen LogP contribution in [0.25, 0.3) is 0 Å². The molecule has 6 heteroatoms. The number of rotatable bonds is 5. The third-order valence-electron chi connectivity index (χ3n) is 3.44. The molecule has 110 valence electrons. The molecule has 21 heavy (non-hydrogen) atoms. The molecule has 1 aliphatic heterocycles. The average Bonchev–Trinajstić information content (AvgIpc) is 3.01. The molecule has 2 aromatic rings. The van der Waals surface area contributed by atoms with E-state index in [0.717, 1.165) is 23.0 Å². The van der Waals surface area contributed by atoms with Crippen LogP contribution in [0.15, 0.2) is 35.6 Å². The second kappa shape index (κ2) is 5.81. The first-order valence-electron chi connectivity index (χ1n) is 6.75. The molecule has 0 bridgehead atoms. The number of fused-ring (bicyclic) bond motifs is 1. The number of aliphatic carboxylic acids is 1. The lowest BCUT2D eigenvalue weighted by Crippen LogP contribution is -2.22. The first-order valence-corrected chi connectivity index (χ1v) is 7.73. The van der Waals surface area contributed by atoms with Crippen LogP contribution in [-0.2, 0) is 17.8 Å². The summed E-state index contributed by atoms with van der Waals surface area (Å²) in [6.07, 6.45) is 2.71. The van der Waals surface area contributed by atoms with E-state index < -0.39 is 5.97 Å². The van der Waals surface area contributed by atoms with Gasteiger partial charge in [0.15, 0.2) is 5.16 Å². The van der Waals surface area contributed by atoms with Crippen LogP contribution in [0.3, 0.4) is 0 Å². The van der Waals surface area contributed by atoms with Gasteiger partial charge in [-0.05, 0) is 18.6 Å². The van der Waals surface area contributed by atoms with E-state index in [1.807, 2.05) is 29.7 Å². The van der Waals surface area contributed by atoms with E-state index in [1.54, 1.807) is 6.20 Å². The number of aromatic nitrogens is 2. The Balaban J connectivity index is 1.71. The van der Waals surface area contributed by atoms with Gasteiger partial charge in [0.2, 0.25) is 0 Å². The van der Waals surface area contributed by atoms with Crippen molar-refractivity contribution in [3.05, 3.63) is 41.7 Å². The number of carbonyl (C=O) groups is 1. The fraction of sp³-hybridized carbons (Fsp3) is 0.333. The number of ether oxygens (including phenoxy) is 1. The van der Waals surface area contributed by atoms with Crippen molar-refractivity contribution in [3.8, 4) is 5.75 Å². The minimum atomic E-state index is -0.836. The number of para-hydroxylation sites is 1. The molecule has 1 unspecified atom stereocenters. The maximum absolute atomic E-state index is 10.7. The lowest BCUT2D eigenvalue weighted by atomic mass is 10.1. The molecule has 1 aromatic carbocycles. The molecule has 1 aliphatic rings. The minimum Gasteiger partial charge on any atom is -0.488 e. The molecule has 0 amide bonds. The van der Waals surface area contributed by atoms with E-state index in [4.69, 9.17) is 9.84 Å². The van der Waals surface area contributed by atoms with Gasteiger partial charge in [0.25, 0.3) is 0 Å². The third-order valence-corrected chi connectivity index (χ3v) is 4.42. The van der Waals surface area contributed by atoms with Crippen molar-refractivity contribution in [3.63, 3.8) is 0 Å².